The molecule has 0 aromatic carbocycles. The van der Waals surface area contributed by atoms with Gasteiger partial charge < -0.3 is 35.1 Å². The lowest BCUT2D eigenvalue weighted by Gasteiger charge is -2.27. The third kappa shape index (κ3) is 14.1. The van der Waals surface area contributed by atoms with Gasteiger partial charge in [-0.15, -0.1) is 0 Å². The van der Waals surface area contributed by atoms with E-state index in [2.05, 4.69) is 22.0 Å². The first-order valence-corrected chi connectivity index (χ1v) is 21.4. The monoisotopic (exact) mass is 788 g/mol. The van der Waals surface area contributed by atoms with Gasteiger partial charge in [0.1, 0.15) is 53.6 Å². The Bertz CT molecular complexity index is 1660. The quantitative estimate of drug-likeness (QED) is 0.0441. The molecule has 6 atom stereocenters. The van der Waals surface area contributed by atoms with E-state index < -0.39 is 51.1 Å². The lowest BCUT2D eigenvalue weighted by Crippen LogP contribution is -2.39. The normalized spacial score (nSPS) is 21.4. The highest BCUT2D eigenvalue weighted by atomic mass is 31.2. The van der Waals surface area contributed by atoms with Gasteiger partial charge in [-0.05, 0) is 31.5 Å². The van der Waals surface area contributed by atoms with Crippen LogP contribution >= 0.6 is 7.82 Å². The molecule has 16 heteroatoms. The maximum Gasteiger partial charge on any atom is 0.472 e. The van der Waals surface area contributed by atoms with Gasteiger partial charge in [-0.1, -0.05) is 109 Å². The molecule has 1 saturated heterocycles. The summed E-state index contributed by atoms with van der Waals surface area (Å²) in [6.45, 7) is 3.35. The summed E-state index contributed by atoms with van der Waals surface area (Å²) in [6, 6.07) is 9.97. The second-order valence-corrected chi connectivity index (χ2v) is 16.0. The number of rotatable bonds is 28. The minimum absolute atomic E-state index is 0.0333. The summed E-state index contributed by atoms with van der Waals surface area (Å²) >= 11 is 0. The van der Waals surface area contributed by atoms with Gasteiger partial charge in [0.2, 0.25) is 5.88 Å². The molecule has 4 rings (SSSR count). The Morgan fingerprint density at radius 1 is 0.945 bits per heavy atom. The predicted molar refractivity (Wildman–Crippen MR) is 207 cm³/mol. The highest BCUT2D eigenvalue weighted by Gasteiger charge is 2.54. The van der Waals surface area contributed by atoms with Crippen molar-refractivity contribution < 1.29 is 42.9 Å². The molecule has 0 amide bonds. The zero-order valence-corrected chi connectivity index (χ0v) is 33.4. The van der Waals surface area contributed by atoms with Crippen molar-refractivity contribution in [1.29, 1.82) is 5.26 Å². The predicted octanol–water partition coefficient (Wildman–Crippen LogP) is 6.77. The van der Waals surface area contributed by atoms with E-state index in [1.54, 1.807) is 31.2 Å². The first-order valence-electron chi connectivity index (χ1n) is 19.9. The Balaban J connectivity index is 1.16. The van der Waals surface area contributed by atoms with E-state index in [0.717, 1.165) is 19.3 Å². The zero-order valence-electron chi connectivity index (χ0n) is 32.5. The number of hydrogen-bond acceptors (Lipinski definition) is 13. The van der Waals surface area contributed by atoms with Crippen LogP contribution in [0.15, 0.2) is 36.7 Å². The number of nitrogens with two attached hydrogens (primary N) is 1. The number of phosphoric ester groups is 1. The number of nitrogens with zero attached hydrogens (tertiary/aromatic N) is 5. The second kappa shape index (κ2) is 23.1. The van der Waals surface area contributed by atoms with E-state index in [0.29, 0.717) is 17.8 Å². The zero-order chi connectivity index (χ0) is 39.5. The number of aliphatic hydroxyl groups is 2. The van der Waals surface area contributed by atoms with Crippen molar-refractivity contribution in [3.05, 3.63) is 48.0 Å². The summed E-state index contributed by atoms with van der Waals surface area (Å²) in [5, 5.41) is 35.2. The van der Waals surface area contributed by atoms with Crippen LogP contribution in [0.5, 0.6) is 5.88 Å². The highest BCUT2D eigenvalue weighted by molar-refractivity contribution is 7.47. The molecule has 0 spiro atoms. The van der Waals surface area contributed by atoms with Gasteiger partial charge in [0.15, 0.2) is 5.82 Å². The third-order valence-electron chi connectivity index (χ3n) is 10.1. The van der Waals surface area contributed by atoms with E-state index in [9.17, 15) is 24.9 Å². The molecule has 1 aliphatic rings. The molecule has 3 aromatic rings. The molecule has 1 fully saturated rings. The SMILES string of the molecule is CCCCCCCCCCCCCCCCCCOC[C@H](COP(=O)(O)OC[C@H]1O[C@@](C)(c2ccc3c(N)ncnn23)[C@H](O)[C@@H]1O)Oc1cccc(C#N)n1. The van der Waals surface area contributed by atoms with Crippen molar-refractivity contribution >= 4 is 19.2 Å². The fourth-order valence-electron chi connectivity index (χ4n) is 6.84. The number of nitrogen functional groups attached to an aromatic ring is 1. The molecule has 1 aliphatic heterocycles. The summed E-state index contributed by atoms with van der Waals surface area (Å²) < 4.78 is 42.7. The van der Waals surface area contributed by atoms with Crippen LogP contribution in [0, 0.1) is 11.3 Å². The molecule has 0 radical (unpaired) electrons. The van der Waals surface area contributed by atoms with Crippen LogP contribution in [0.25, 0.3) is 5.52 Å². The Hall–Kier alpha value is -3.19. The van der Waals surface area contributed by atoms with Gasteiger partial charge in [-0.2, -0.15) is 10.4 Å². The molecule has 0 bridgehead atoms. The minimum Gasteiger partial charge on any atom is -0.469 e. The molecule has 0 saturated carbocycles. The molecule has 3 aromatic heterocycles. The first kappa shape index (κ1) is 44.5. The fraction of sp³-hybridized carbons (Fsp3) is 0.692. The summed E-state index contributed by atoms with van der Waals surface area (Å²) in [5.74, 6) is 0.352. The van der Waals surface area contributed by atoms with E-state index in [1.807, 2.05) is 6.07 Å². The van der Waals surface area contributed by atoms with Crippen LogP contribution in [-0.4, -0.2) is 85.5 Å². The minimum atomic E-state index is -4.71. The van der Waals surface area contributed by atoms with Gasteiger partial charge in [0.05, 0.1) is 25.5 Å². The average Bonchev–Trinajstić information content (AvgIpc) is 3.72. The van der Waals surface area contributed by atoms with Crippen molar-refractivity contribution in [3.63, 3.8) is 0 Å². The summed E-state index contributed by atoms with van der Waals surface area (Å²) in [7, 11) is -4.71. The number of aromatic nitrogens is 4. The maximum absolute atomic E-state index is 13.0. The van der Waals surface area contributed by atoms with Crippen LogP contribution in [0.4, 0.5) is 5.82 Å². The molecule has 306 valence electrons. The van der Waals surface area contributed by atoms with Gasteiger partial charge in [0.25, 0.3) is 0 Å². The van der Waals surface area contributed by atoms with Crippen molar-refractivity contribution in [2.75, 3.05) is 32.2 Å². The van der Waals surface area contributed by atoms with Crippen molar-refractivity contribution in [2.24, 2.45) is 0 Å². The van der Waals surface area contributed by atoms with Crippen LogP contribution in [0.1, 0.15) is 128 Å². The van der Waals surface area contributed by atoms with Gasteiger partial charge in [0, 0.05) is 12.7 Å². The molecular weight excluding hydrogens is 727 g/mol. The number of nitriles is 1. The number of unbranched alkanes of at least 4 members (excludes halogenated alkanes) is 15. The number of aliphatic hydroxyl groups excluding tert-OH is 2. The third-order valence-corrected chi connectivity index (χ3v) is 11.0. The topological polar surface area (TPSA) is 217 Å². The van der Waals surface area contributed by atoms with Crippen molar-refractivity contribution in [3.8, 4) is 11.9 Å². The van der Waals surface area contributed by atoms with Crippen molar-refractivity contribution in [2.45, 2.75) is 147 Å². The summed E-state index contributed by atoms with van der Waals surface area (Å²) in [4.78, 5) is 18.6. The van der Waals surface area contributed by atoms with Gasteiger partial charge in [-0.25, -0.2) is 19.0 Å². The van der Waals surface area contributed by atoms with Gasteiger partial charge >= 0.3 is 7.82 Å². The van der Waals surface area contributed by atoms with Gasteiger partial charge in [-0.3, -0.25) is 9.05 Å². The molecule has 0 aliphatic carbocycles. The van der Waals surface area contributed by atoms with Crippen LogP contribution in [-0.2, 0) is 28.7 Å². The average molecular weight is 789 g/mol. The molecule has 5 N–H and O–H groups in total. The second-order valence-electron chi connectivity index (χ2n) is 14.5. The maximum atomic E-state index is 13.0. The summed E-state index contributed by atoms with van der Waals surface area (Å²) in [6.07, 6.45) is 16.7. The van der Waals surface area contributed by atoms with E-state index in [4.69, 9.17) is 29.0 Å². The van der Waals surface area contributed by atoms with E-state index in [-0.39, 0.29) is 24.0 Å². The lowest BCUT2D eigenvalue weighted by atomic mass is 9.93. The fourth-order valence-corrected chi connectivity index (χ4v) is 7.60. The van der Waals surface area contributed by atoms with Crippen LogP contribution < -0.4 is 10.5 Å². The lowest BCUT2D eigenvalue weighted by molar-refractivity contribution is -0.0892. The highest BCUT2D eigenvalue weighted by Crippen LogP contribution is 2.46. The number of anilines is 1. The number of pyridine rings is 1. The van der Waals surface area contributed by atoms with Crippen LogP contribution in [0.2, 0.25) is 0 Å². The van der Waals surface area contributed by atoms with E-state index >= 15 is 0 Å². The number of phosphoric acid groups is 1. The number of hydrogen-bond donors (Lipinski definition) is 4. The Morgan fingerprint density at radius 3 is 2.22 bits per heavy atom. The summed E-state index contributed by atoms with van der Waals surface area (Å²) in [5.41, 5.74) is 5.50. The first-order chi connectivity index (χ1) is 26.6. The Labute approximate surface area is 325 Å². The number of fused-ring (bicyclic) bond motifs is 1. The standard InChI is InChI=1S/C39H61N6O9P/c1-3-4-5-6-7-8-9-10-11-12-13-14-15-16-17-18-24-50-26-31(53-35-21-19-20-30(25-40)44-35)27-51-55(48,49)52-28-33-36(46)37(47)39(2,54-33)34-23-22-32-38(41)42-29-43-45(32)34/h19-23,29,31,33,36-37,46-47H,3-18,24,26-28H2,1-2H3,(H,48,49)(H2,41,42,43)/t31-,33-,36-,37-,39+/m1/s1. The number of ether oxygens (including phenoxy) is 3. The largest absolute Gasteiger partial charge is 0.472 e. The van der Waals surface area contributed by atoms with Crippen LogP contribution in [0.3, 0.4) is 0 Å². The smallest absolute Gasteiger partial charge is 0.469 e. The Morgan fingerprint density at radius 2 is 1.58 bits per heavy atom. The molecule has 1 unspecified atom stereocenters. The molecule has 15 nitrogen and oxygen atoms in total. The molecule has 55 heavy (non-hydrogen) atoms. The van der Waals surface area contributed by atoms with E-state index in [1.165, 1.54) is 100 Å². The molecule has 4 heterocycles. The van der Waals surface area contributed by atoms with Crippen molar-refractivity contribution in [1.82, 2.24) is 19.6 Å². The Kier molecular flexibility index (Phi) is 18.7. The molecular formula is C39H61N6O9P.